The molecule has 0 unspecified atom stereocenters. The molecule has 1 aromatic carbocycles. The molecule has 0 bridgehead atoms. The second kappa shape index (κ2) is 3.84. The summed E-state index contributed by atoms with van der Waals surface area (Å²) in [7, 11) is 1.66. The van der Waals surface area contributed by atoms with E-state index in [1.807, 2.05) is 19.1 Å². The number of aliphatic imine (C=N–C) groups is 2. The summed E-state index contributed by atoms with van der Waals surface area (Å²) < 4.78 is 0. The minimum atomic E-state index is 0.945. The van der Waals surface area contributed by atoms with Gasteiger partial charge in [0.2, 0.25) is 0 Å². The molecule has 2 heteroatoms. The van der Waals surface area contributed by atoms with Crippen molar-refractivity contribution in [3.63, 3.8) is 0 Å². The maximum Gasteiger partial charge on any atom is 0.0946 e. The lowest BCUT2D eigenvalue weighted by Crippen LogP contribution is -1.79. The molecule has 0 amide bonds. The highest BCUT2D eigenvalue weighted by molar-refractivity contribution is 5.57. The quantitative estimate of drug-likeness (QED) is 0.564. The first kappa shape index (κ1) is 8.69. The topological polar surface area (TPSA) is 24.7 Å². The minimum Gasteiger partial charge on any atom is -0.229 e. The van der Waals surface area contributed by atoms with Gasteiger partial charge in [0, 0.05) is 7.05 Å². The number of benzene rings is 1. The molecule has 0 aromatic heterocycles. The predicted molar refractivity (Wildman–Crippen MR) is 51.4 cm³/mol. The third kappa shape index (κ3) is 1.80. The fourth-order valence-corrected chi connectivity index (χ4v) is 0.961. The molecule has 0 radical (unpaired) electrons. The molecule has 0 atom stereocenters. The Labute approximate surface area is 72.7 Å². The van der Waals surface area contributed by atoms with E-state index in [0.29, 0.717) is 0 Å². The van der Waals surface area contributed by atoms with Crippen LogP contribution in [0, 0.1) is 13.8 Å². The van der Waals surface area contributed by atoms with Crippen LogP contribution >= 0.6 is 0 Å². The van der Waals surface area contributed by atoms with E-state index < -0.39 is 0 Å². The number of aryl methyl sites for hydroxylation is 1. The van der Waals surface area contributed by atoms with Crippen molar-refractivity contribution in [2.75, 3.05) is 7.05 Å². The number of hydrogen-bond donors (Lipinski definition) is 0. The Hall–Kier alpha value is -1.40. The summed E-state index contributed by atoms with van der Waals surface area (Å²) >= 11 is 0. The predicted octanol–water partition coefficient (Wildman–Crippen LogP) is 2.74. The molecule has 0 heterocycles. The van der Waals surface area contributed by atoms with E-state index >= 15 is 0 Å². The van der Waals surface area contributed by atoms with E-state index in [0.717, 1.165) is 5.69 Å². The third-order valence-corrected chi connectivity index (χ3v) is 1.85. The van der Waals surface area contributed by atoms with Crippen LogP contribution in [-0.2, 0) is 0 Å². The average Bonchev–Trinajstić information content (AvgIpc) is 2.08. The molecule has 62 valence electrons. The van der Waals surface area contributed by atoms with Crippen molar-refractivity contribution < 1.29 is 0 Å². The maximum atomic E-state index is 4.07. The molecule has 0 spiro atoms. The molecule has 12 heavy (non-hydrogen) atoms. The van der Waals surface area contributed by atoms with Gasteiger partial charge in [-0.1, -0.05) is 12.1 Å². The zero-order chi connectivity index (χ0) is 8.97. The summed E-state index contributed by atoms with van der Waals surface area (Å²) in [5.41, 5.74) is 3.38. The van der Waals surface area contributed by atoms with Crippen LogP contribution in [0.4, 0.5) is 5.69 Å². The van der Waals surface area contributed by atoms with Gasteiger partial charge in [0.15, 0.2) is 0 Å². The van der Waals surface area contributed by atoms with E-state index in [1.165, 1.54) is 11.1 Å². The molecular formula is C10H12N2. The first-order valence-electron chi connectivity index (χ1n) is 3.86. The Morgan fingerprint density at radius 2 is 2.00 bits per heavy atom. The molecule has 0 saturated carbocycles. The van der Waals surface area contributed by atoms with Crippen molar-refractivity contribution >= 4 is 11.7 Å². The Morgan fingerprint density at radius 3 is 2.67 bits per heavy atom. The molecule has 0 saturated heterocycles. The number of hydrogen-bond acceptors (Lipinski definition) is 2. The van der Waals surface area contributed by atoms with Crippen LogP contribution < -0.4 is 0 Å². The molecular weight excluding hydrogens is 148 g/mol. The fraction of sp³-hybridized carbons (Fsp3) is 0.300. The van der Waals surface area contributed by atoms with Gasteiger partial charge in [-0.2, -0.15) is 4.99 Å². The van der Waals surface area contributed by atoms with Crippen molar-refractivity contribution in [1.29, 1.82) is 0 Å². The minimum absolute atomic E-state index is 0.945. The first-order valence-corrected chi connectivity index (χ1v) is 3.86. The van der Waals surface area contributed by atoms with Crippen molar-refractivity contribution in [1.82, 2.24) is 0 Å². The molecule has 0 N–H and O–H groups in total. The summed E-state index contributed by atoms with van der Waals surface area (Å²) in [5.74, 6) is 0. The van der Waals surface area contributed by atoms with Crippen molar-refractivity contribution in [2.24, 2.45) is 9.98 Å². The highest BCUT2D eigenvalue weighted by atomic mass is 14.8. The van der Waals surface area contributed by atoms with Crippen LogP contribution in [0.1, 0.15) is 11.1 Å². The lowest BCUT2D eigenvalue weighted by Gasteiger charge is -2.00. The van der Waals surface area contributed by atoms with Crippen molar-refractivity contribution in [2.45, 2.75) is 13.8 Å². The van der Waals surface area contributed by atoms with Gasteiger partial charge in [0.1, 0.15) is 0 Å². The molecule has 2 nitrogen and oxygen atoms in total. The molecule has 0 aliphatic carbocycles. The largest absolute Gasteiger partial charge is 0.229 e. The van der Waals surface area contributed by atoms with Gasteiger partial charge in [-0.25, -0.2) is 4.99 Å². The van der Waals surface area contributed by atoms with Gasteiger partial charge in [0.25, 0.3) is 0 Å². The molecule has 0 aliphatic heterocycles. The van der Waals surface area contributed by atoms with E-state index in [2.05, 4.69) is 29.0 Å². The molecule has 0 aliphatic rings. The Kier molecular flexibility index (Phi) is 2.78. The standard InChI is InChI=1S/C10H12N2/c1-8-5-4-6-10(9(8)2)12-7-11-3/h4-6H,1-3H3. The van der Waals surface area contributed by atoms with Gasteiger partial charge in [-0.15, -0.1) is 0 Å². The fourth-order valence-electron chi connectivity index (χ4n) is 0.961. The van der Waals surface area contributed by atoms with Crippen LogP contribution in [0.25, 0.3) is 0 Å². The first-order chi connectivity index (χ1) is 5.75. The SMILES string of the molecule is CN=C=Nc1cccc(C)c1C. The van der Waals surface area contributed by atoms with Crippen molar-refractivity contribution in [3.8, 4) is 0 Å². The summed E-state index contributed by atoms with van der Waals surface area (Å²) in [5, 5.41) is 0. The lowest BCUT2D eigenvalue weighted by atomic mass is 10.1. The van der Waals surface area contributed by atoms with Crippen LogP contribution in [-0.4, -0.2) is 13.1 Å². The number of nitrogens with zero attached hydrogens (tertiary/aromatic N) is 2. The second-order valence-electron chi connectivity index (χ2n) is 2.65. The van der Waals surface area contributed by atoms with E-state index in [1.54, 1.807) is 7.05 Å². The Morgan fingerprint density at radius 1 is 1.25 bits per heavy atom. The molecule has 0 fully saturated rings. The average molecular weight is 160 g/mol. The maximum absolute atomic E-state index is 4.07. The van der Waals surface area contributed by atoms with E-state index in [-0.39, 0.29) is 0 Å². The van der Waals surface area contributed by atoms with Gasteiger partial charge in [-0.3, -0.25) is 0 Å². The van der Waals surface area contributed by atoms with Gasteiger partial charge >= 0.3 is 0 Å². The van der Waals surface area contributed by atoms with E-state index in [9.17, 15) is 0 Å². The summed E-state index contributed by atoms with van der Waals surface area (Å²) in [6.07, 6.45) is 0. The van der Waals surface area contributed by atoms with Gasteiger partial charge in [-0.05, 0) is 31.0 Å². The number of rotatable bonds is 1. The normalized spacial score (nSPS) is 8.92. The highest BCUT2D eigenvalue weighted by Crippen LogP contribution is 2.19. The van der Waals surface area contributed by atoms with Crippen LogP contribution in [0.15, 0.2) is 28.2 Å². The monoisotopic (exact) mass is 160 g/mol. The Bertz CT molecular complexity index is 334. The highest BCUT2D eigenvalue weighted by Gasteiger charge is 1.96. The van der Waals surface area contributed by atoms with E-state index in [4.69, 9.17) is 0 Å². The zero-order valence-corrected chi connectivity index (χ0v) is 7.63. The van der Waals surface area contributed by atoms with Gasteiger partial charge < -0.3 is 0 Å². The lowest BCUT2D eigenvalue weighted by molar-refractivity contribution is 1.31. The molecule has 1 aromatic rings. The smallest absolute Gasteiger partial charge is 0.0946 e. The Balaban J connectivity index is 3.17. The van der Waals surface area contributed by atoms with Gasteiger partial charge in [0.05, 0.1) is 11.7 Å². The van der Waals surface area contributed by atoms with Crippen molar-refractivity contribution in [3.05, 3.63) is 29.3 Å². The molecule has 1 rings (SSSR count). The third-order valence-electron chi connectivity index (χ3n) is 1.85. The summed E-state index contributed by atoms with van der Waals surface area (Å²) in [4.78, 5) is 7.75. The zero-order valence-electron chi connectivity index (χ0n) is 7.63. The summed E-state index contributed by atoms with van der Waals surface area (Å²) in [6.45, 7) is 4.11. The second-order valence-corrected chi connectivity index (χ2v) is 2.65. The van der Waals surface area contributed by atoms with Crippen LogP contribution in [0.2, 0.25) is 0 Å². The van der Waals surface area contributed by atoms with Crippen LogP contribution in [0.3, 0.4) is 0 Å². The van der Waals surface area contributed by atoms with Crippen LogP contribution in [0.5, 0.6) is 0 Å². The summed E-state index contributed by atoms with van der Waals surface area (Å²) in [6, 6.07) is 8.59.